The summed E-state index contributed by atoms with van der Waals surface area (Å²) >= 11 is 0. The Morgan fingerprint density at radius 1 is 1.00 bits per heavy atom. The van der Waals surface area contributed by atoms with Crippen LogP contribution in [-0.2, 0) is 24.3 Å². The third-order valence-corrected chi connectivity index (χ3v) is 4.63. The highest BCUT2D eigenvalue weighted by Gasteiger charge is 2.35. The molecule has 1 heterocycles. The van der Waals surface area contributed by atoms with Crippen molar-refractivity contribution in [2.75, 3.05) is 13.6 Å². The number of amides is 1. The number of ether oxygens (including phenoxy) is 1. The Balaban J connectivity index is 1.73. The van der Waals surface area contributed by atoms with Crippen LogP contribution in [0.5, 0.6) is 0 Å². The largest absolute Gasteiger partial charge is 0.516 e. The molecule has 0 bridgehead atoms. The molecule has 120 valence electrons. The van der Waals surface area contributed by atoms with Crippen LogP contribution in [0.15, 0.2) is 54.6 Å². The van der Waals surface area contributed by atoms with Crippen LogP contribution in [0.1, 0.15) is 29.5 Å². The van der Waals surface area contributed by atoms with Gasteiger partial charge in [0, 0.05) is 5.56 Å². The molecule has 0 aliphatic carbocycles. The molecule has 2 aromatic rings. The zero-order valence-electron chi connectivity index (χ0n) is 13.7. The Hall–Kier alpha value is -2.13. The number of carbonyl (C=O) groups excluding carboxylic acids is 1. The highest BCUT2D eigenvalue weighted by molar-refractivity contribution is 5.59. The van der Waals surface area contributed by atoms with Gasteiger partial charge in [-0.2, -0.15) is 4.79 Å². The standard InChI is InChI=1S/C20H24NO2/c1-21(20(22)23-16-17-9-3-2-4-10-17)14-8-7-12-18-11-5-6-13-19(18)15-21/h2-6,9-11,13H,7-8,12,14-16H2,1H3/q+1. The summed E-state index contributed by atoms with van der Waals surface area (Å²) in [4.78, 5) is 12.7. The van der Waals surface area contributed by atoms with Gasteiger partial charge in [-0.1, -0.05) is 54.6 Å². The van der Waals surface area contributed by atoms with Gasteiger partial charge in [0.15, 0.2) is 0 Å². The molecule has 0 radical (unpaired) electrons. The van der Waals surface area contributed by atoms with Crippen molar-refractivity contribution in [1.29, 1.82) is 0 Å². The van der Waals surface area contributed by atoms with Gasteiger partial charge in [-0.25, -0.2) is 4.48 Å². The fourth-order valence-electron chi connectivity index (χ4n) is 3.22. The van der Waals surface area contributed by atoms with Crippen LogP contribution in [0.4, 0.5) is 4.79 Å². The monoisotopic (exact) mass is 310 g/mol. The summed E-state index contributed by atoms with van der Waals surface area (Å²) in [6.07, 6.45) is 3.14. The Morgan fingerprint density at radius 3 is 2.48 bits per heavy atom. The van der Waals surface area contributed by atoms with E-state index in [0.717, 1.165) is 31.4 Å². The lowest BCUT2D eigenvalue weighted by molar-refractivity contribution is -0.852. The van der Waals surface area contributed by atoms with E-state index in [4.69, 9.17) is 4.74 Å². The first kappa shape index (κ1) is 15.8. The summed E-state index contributed by atoms with van der Waals surface area (Å²) < 4.78 is 5.94. The second-order valence-corrected chi connectivity index (χ2v) is 6.54. The maximum absolute atomic E-state index is 12.7. The predicted molar refractivity (Wildman–Crippen MR) is 90.8 cm³/mol. The second-order valence-electron chi connectivity index (χ2n) is 6.54. The lowest BCUT2D eigenvalue weighted by Crippen LogP contribution is -2.50. The first-order valence-electron chi connectivity index (χ1n) is 8.30. The maximum Gasteiger partial charge on any atom is 0.516 e. The van der Waals surface area contributed by atoms with Gasteiger partial charge < -0.3 is 4.74 Å². The van der Waals surface area contributed by atoms with Crippen molar-refractivity contribution in [3.63, 3.8) is 0 Å². The Morgan fingerprint density at radius 2 is 1.70 bits per heavy atom. The van der Waals surface area contributed by atoms with E-state index in [0.29, 0.717) is 17.6 Å². The fraction of sp³-hybridized carbons (Fsp3) is 0.350. The van der Waals surface area contributed by atoms with Crippen LogP contribution in [0.25, 0.3) is 0 Å². The van der Waals surface area contributed by atoms with Crippen molar-refractivity contribution in [3.05, 3.63) is 71.3 Å². The quantitative estimate of drug-likeness (QED) is 0.773. The molecular weight excluding hydrogens is 286 g/mol. The van der Waals surface area contributed by atoms with Crippen LogP contribution < -0.4 is 0 Å². The number of carbonyl (C=O) groups is 1. The molecule has 1 atom stereocenters. The zero-order chi connectivity index (χ0) is 16.1. The first-order chi connectivity index (χ1) is 11.2. The van der Waals surface area contributed by atoms with Gasteiger partial charge in [0.1, 0.15) is 13.2 Å². The summed E-state index contributed by atoms with van der Waals surface area (Å²) in [7, 11) is 2.00. The minimum atomic E-state index is -0.134. The van der Waals surface area contributed by atoms with Gasteiger partial charge in [-0.15, -0.1) is 0 Å². The molecule has 0 N–H and O–H groups in total. The van der Waals surface area contributed by atoms with Crippen LogP contribution in [-0.4, -0.2) is 24.2 Å². The number of quaternary nitrogens is 1. The maximum atomic E-state index is 12.7. The third-order valence-electron chi connectivity index (χ3n) is 4.63. The van der Waals surface area contributed by atoms with Gasteiger partial charge in [0.05, 0.1) is 13.6 Å². The van der Waals surface area contributed by atoms with E-state index < -0.39 is 0 Å². The molecule has 0 fully saturated rings. The smallest absolute Gasteiger partial charge is 0.415 e. The van der Waals surface area contributed by atoms with Crippen LogP contribution in [0, 0.1) is 0 Å². The summed E-state index contributed by atoms with van der Waals surface area (Å²) in [6, 6.07) is 18.3. The molecule has 23 heavy (non-hydrogen) atoms. The summed E-state index contributed by atoms with van der Waals surface area (Å²) in [5.41, 5.74) is 3.67. The number of nitrogens with zero attached hydrogens (tertiary/aromatic N) is 1. The first-order valence-corrected chi connectivity index (χ1v) is 8.30. The number of benzene rings is 2. The molecule has 0 spiro atoms. The van der Waals surface area contributed by atoms with Crippen LogP contribution >= 0.6 is 0 Å². The summed E-state index contributed by atoms with van der Waals surface area (Å²) in [6.45, 7) is 1.89. The number of hydrogen-bond donors (Lipinski definition) is 0. The number of aryl methyl sites for hydroxylation is 1. The SMILES string of the molecule is C[N+]1(C(=O)OCc2ccccc2)CCCCc2ccccc2C1. The number of hydrogen-bond acceptors (Lipinski definition) is 2. The van der Waals surface area contributed by atoms with Gasteiger partial charge in [0.2, 0.25) is 0 Å². The minimum Gasteiger partial charge on any atom is -0.415 e. The Bertz CT molecular complexity index is 668. The Kier molecular flexibility index (Phi) is 4.77. The van der Waals surface area contributed by atoms with Gasteiger partial charge >= 0.3 is 6.09 Å². The highest BCUT2D eigenvalue weighted by atomic mass is 16.6. The topological polar surface area (TPSA) is 26.3 Å². The van der Waals surface area contributed by atoms with E-state index in [1.54, 1.807) is 0 Å². The molecule has 3 nitrogen and oxygen atoms in total. The molecule has 1 unspecified atom stereocenters. The van der Waals surface area contributed by atoms with E-state index >= 15 is 0 Å². The highest BCUT2D eigenvalue weighted by Crippen LogP contribution is 2.23. The van der Waals surface area contributed by atoms with Crippen molar-refractivity contribution in [2.24, 2.45) is 0 Å². The average molecular weight is 310 g/mol. The van der Waals surface area contributed by atoms with Gasteiger partial charge in [-0.05, 0) is 30.4 Å². The van der Waals surface area contributed by atoms with Crippen molar-refractivity contribution < 1.29 is 14.0 Å². The lowest BCUT2D eigenvalue weighted by atomic mass is 9.98. The Labute approximate surface area is 138 Å². The van der Waals surface area contributed by atoms with Crippen molar-refractivity contribution >= 4 is 6.09 Å². The molecule has 0 saturated heterocycles. The van der Waals surface area contributed by atoms with Crippen molar-refractivity contribution in [1.82, 2.24) is 0 Å². The summed E-state index contributed by atoms with van der Waals surface area (Å²) in [5.74, 6) is 0. The molecular formula is C20H24NO2+. The lowest BCUT2D eigenvalue weighted by Gasteiger charge is -2.32. The molecule has 2 aromatic carbocycles. The van der Waals surface area contributed by atoms with E-state index in [1.807, 2.05) is 37.4 Å². The number of fused-ring (bicyclic) bond motifs is 1. The molecule has 0 saturated carbocycles. The van der Waals surface area contributed by atoms with E-state index in [-0.39, 0.29) is 6.09 Å². The molecule has 3 rings (SSSR count). The molecule has 0 aromatic heterocycles. The van der Waals surface area contributed by atoms with E-state index in [2.05, 4.69) is 24.3 Å². The van der Waals surface area contributed by atoms with Gasteiger partial charge in [0.25, 0.3) is 0 Å². The fourth-order valence-corrected chi connectivity index (χ4v) is 3.22. The van der Waals surface area contributed by atoms with Crippen LogP contribution in [0.2, 0.25) is 0 Å². The van der Waals surface area contributed by atoms with E-state index in [9.17, 15) is 4.79 Å². The number of rotatable bonds is 2. The predicted octanol–water partition coefficient (Wildman–Crippen LogP) is 4.31. The zero-order valence-corrected chi connectivity index (χ0v) is 13.7. The third kappa shape index (κ3) is 3.80. The molecule has 1 amide bonds. The van der Waals surface area contributed by atoms with Gasteiger partial charge in [-0.3, -0.25) is 0 Å². The normalized spacial score (nSPS) is 20.9. The van der Waals surface area contributed by atoms with Crippen molar-refractivity contribution in [2.45, 2.75) is 32.4 Å². The molecule has 1 aliphatic heterocycles. The molecule has 3 heteroatoms. The van der Waals surface area contributed by atoms with Crippen LogP contribution in [0.3, 0.4) is 0 Å². The minimum absolute atomic E-state index is 0.134. The second kappa shape index (κ2) is 6.97. The average Bonchev–Trinajstić information content (AvgIpc) is 2.57. The van der Waals surface area contributed by atoms with E-state index in [1.165, 1.54) is 11.1 Å². The molecule has 1 aliphatic rings. The summed E-state index contributed by atoms with van der Waals surface area (Å²) in [5, 5.41) is 0. The van der Waals surface area contributed by atoms with Crippen molar-refractivity contribution in [3.8, 4) is 0 Å².